The molecule has 8 heteroatoms. The molecule has 1 atom stereocenters. The number of carbonyl (C=O) groups excluding carboxylic acids is 1. The van der Waals surface area contributed by atoms with Crippen molar-refractivity contribution in [3.63, 3.8) is 0 Å². The lowest BCUT2D eigenvalue weighted by Gasteiger charge is -2.32. The number of hydrogen-bond donors (Lipinski definition) is 1. The highest BCUT2D eigenvalue weighted by Crippen LogP contribution is 2.45. The van der Waals surface area contributed by atoms with Gasteiger partial charge in [-0.15, -0.1) is 11.8 Å². The van der Waals surface area contributed by atoms with Crippen LogP contribution in [0, 0.1) is 23.0 Å². The van der Waals surface area contributed by atoms with Gasteiger partial charge >= 0.3 is 5.97 Å². The highest BCUT2D eigenvalue weighted by Gasteiger charge is 2.44. The number of hydrogen-bond acceptors (Lipinski definition) is 6. The molecule has 0 amide bonds. The van der Waals surface area contributed by atoms with Gasteiger partial charge in [0.15, 0.2) is 5.57 Å². The molecule has 1 saturated heterocycles. The van der Waals surface area contributed by atoms with Gasteiger partial charge in [-0.3, -0.25) is 4.90 Å². The Morgan fingerprint density at radius 1 is 1.52 bits per heavy atom. The Labute approximate surface area is 136 Å². The molecule has 0 radical (unpaired) electrons. The van der Waals surface area contributed by atoms with Gasteiger partial charge in [0.05, 0.1) is 6.61 Å². The van der Waals surface area contributed by atoms with E-state index in [1.807, 2.05) is 0 Å². The zero-order chi connectivity index (χ0) is 17.2. The van der Waals surface area contributed by atoms with E-state index in [2.05, 4.69) is 0 Å². The summed E-state index contributed by atoms with van der Waals surface area (Å²) in [5, 5.41) is 19.7. The Hall–Kier alpha value is -2.11. The minimum atomic E-state index is -1.67. The van der Waals surface area contributed by atoms with E-state index in [1.165, 1.54) is 13.0 Å². The zero-order valence-electron chi connectivity index (χ0n) is 12.5. The van der Waals surface area contributed by atoms with Gasteiger partial charge in [0.1, 0.15) is 34.1 Å². The number of halogens is 2. The topological polar surface area (TPSA) is 73.6 Å². The van der Waals surface area contributed by atoms with Gasteiger partial charge < -0.3 is 9.84 Å². The molecule has 1 N–H and O–H groups in total. The molecule has 0 aromatic heterocycles. The molecule has 0 unspecified atom stereocenters. The summed E-state index contributed by atoms with van der Waals surface area (Å²) < 4.78 is 33.0. The van der Waals surface area contributed by atoms with E-state index in [9.17, 15) is 23.9 Å². The van der Waals surface area contributed by atoms with Crippen LogP contribution < -0.4 is 4.90 Å². The number of anilines is 1. The van der Waals surface area contributed by atoms with Crippen LogP contribution in [0.5, 0.6) is 0 Å². The second-order valence-corrected chi connectivity index (χ2v) is 5.89. The molecule has 1 fully saturated rings. The number of nitriles is 1. The summed E-state index contributed by atoms with van der Waals surface area (Å²) in [5.74, 6) is -2.70. The predicted molar refractivity (Wildman–Crippen MR) is 81.2 cm³/mol. The van der Waals surface area contributed by atoms with Gasteiger partial charge in [0, 0.05) is 5.75 Å². The molecular weight excluding hydrogens is 326 g/mol. The van der Waals surface area contributed by atoms with Gasteiger partial charge in [-0.05, 0) is 26.0 Å². The number of para-hydroxylation sites is 1. The van der Waals surface area contributed by atoms with Crippen LogP contribution in [0.4, 0.5) is 14.5 Å². The maximum atomic E-state index is 14.1. The number of benzene rings is 1. The number of thioether (sulfide) groups is 1. The van der Waals surface area contributed by atoms with Crippen molar-refractivity contribution in [1.82, 2.24) is 0 Å². The highest BCUT2D eigenvalue weighted by molar-refractivity contribution is 8.03. The van der Waals surface area contributed by atoms with Gasteiger partial charge in [-0.1, -0.05) is 6.07 Å². The first-order chi connectivity index (χ1) is 10.8. The summed E-state index contributed by atoms with van der Waals surface area (Å²) in [6.45, 7) is 2.97. The lowest BCUT2D eigenvalue weighted by atomic mass is 10.1. The molecule has 122 valence electrons. The lowest BCUT2D eigenvalue weighted by Crippen LogP contribution is -2.43. The highest BCUT2D eigenvalue weighted by atomic mass is 32.2. The number of ether oxygens (including phenoxy) is 1. The van der Waals surface area contributed by atoms with Gasteiger partial charge in [0.2, 0.25) is 0 Å². The average Bonchev–Trinajstić information content (AvgIpc) is 2.77. The Morgan fingerprint density at radius 2 is 2.13 bits per heavy atom. The van der Waals surface area contributed by atoms with E-state index in [-0.39, 0.29) is 17.4 Å². The standard InChI is InChI=1S/C15H14F2N2O3S/c1-3-22-14(20)9(7-18)13-19(15(2,21)8-23-13)12-10(16)5-4-6-11(12)17/h4-6,21H,3,8H2,1-2H3/b13-9+/t15-/m1/s1. The molecule has 23 heavy (non-hydrogen) atoms. The van der Waals surface area contributed by atoms with Crippen molar-refractivity contribution in [3.05, 3.63) is 40.4 Å². The Balaban J connectivity index is 2.66. The van der Waals surface area contributed by atoms with Crippen molar-refractivity contribution in [2.24, 2.45) is 0 Å². The molecular formula is C15H14F2N2O3S. The summed E-state index contributed by atoms with van der Waals surface area (Å²) in [5.41, 5.74) is -2.59. The Kier molecular flexibility index (Phi) is 4.92. The van der Waals surface area contributed by atoms with Crippen molar-refractivity contribution < 1.29 is 23.4 Å². The number of nitrogens with zero attached hydrogens (tertiary/aromatic N) is 2. The SMILES string of the molecule is CCOC(=O)/C(C#N)=C1/SC[C@@](C)(O)N1c1c(F)cccc1F. The summed E-state index contributed by atoms with van der Waals surface area (Å²) >= 11 is 0.955. The van der Waals surface area contributed by atoms with Crippen LogP contribution in [0.25, 0.3) is 0 Å². The third-order valence-electron chi connectivity index (χ3n) is 3.13. The maximum Gasteiger partial charge on any atom is 0.351 e. The number of carbonyl (C=O) groups is 1. The summed E-state index contributed by atoms with van der Waals surface area (Å²) in [4.78, 5) is 12.8. The Bertz CT molecular complexity index is 693. The van der Waals surface area contributed by atoms with Crippen molar-refractivity contribution >= 4 is 23.4 Å². The second-order valence-electron chi connectivity index (χ2n) is 4.92. The lowest BCUT2D eigenvalue weighted by molar-refractivity contribution is -0.138. The fraction of sp³-hybridized carbons (Fsp3) is 0.333. The number of aliphatic hydroxyl groups is 1. The first-order valence-electron chi connectivity index (χ1n) is 6.74. The number of esters is 1. The molecule has 1 aliphatic heterocycles. The molecule has 0 aliphatic carbocycles. The van der Waals surface area contributed by atoms with Crippen molar-refractivity contribution in [2.45, 2.75) is 19.6 Å². The van der Waals surface area contributed by atoms with Crippen molar-refractivity contribution in [1.29, 1.82) is 5.26 Å². The fourth-order valence-corrected chi connectivity index (χ4v) is 3.40. The van der Waals surface area contributed by atoms with Crippen LogP contribution in [-0.4, -0.2) is 29.2 Å². The van der Waals surface area contributed by atoms with E-state index in [0.29, 0.717) is 0 Å². The summed E-state index contributed by atoms with van der Waals surface area (Å²) in [6, 6.07) is 4.94. The van der Waals surface area contributed by atoms with E-state index >= 15 is 0 Å². The summed E-state index contributed by atoms with van der Waals surface area (Å²) in [7, 11) is 0. The maximum absolute atomic E-state index is 14.1. The first-order valence-corrected chi connectivity index (χ1v) is 7.73. The van der Waals surface area contributed by atoms with Crippen LogP contribution in [0.3, 0.4) is 0 Å². The Morgan fingerprint density at radius 3 is 2.65 bits per heavy atom. The minimum Gasteiger partial charge on any atom is -0.462 e. The van der Waals surface area contributed by atoms with Crippen LogP contribution in [0.1, 0.15) is 13.8 Å². The van der Waals surface area contributed by atoms with Crippen molar-refractivity contribution in [3.8, 4) is 6.07 Å². The van der Waals surface area contributed by atoms with E-state index in [0.717, 1.165) is 28.8 Å². The average molecular weight is 340 g/mol. The molecule has 1 aromatic rings. The third kappa shape index (κ3) is 3.16. The third-order valence-corrected chi connectivity index (χ3v) is 4.48. The van der Waals surface area contributed by atoms with E-state index < -0.39 is 34.6 Å². The molecule has 1 aliphatic rings. The number of rotatable bonds is 3. The molecule has 0 bridgehead atoms. The van der Waals surface area contributed by atoms with E-state index in [4.69, 9.17) is 4.74 Å². The molecule has 1 heterocycles. The quantitative estimate of drug-likeness (QED) is 0.518. The predicted octanol–water partition coefficient (Wildman–Crippen LogP) is 2.52. The summed E-state index contributed by atoms with van der Waals surface area (Å²) in [6.07, 6.45) is 0. The van der Waals surface area contributed by atoms with Crippen LogP contribution in [0.2, 0.25) is 0 Å². The fourth-order valence-electron chi connectivity index (χ4n) is 2.17. The molecule has 0 saturated carbocycles. The van der Waals surface area contributed by atoms with Gasteiger partial charge in [0.25, 0.3) is 0 Å². The smallest absolute Gasteiger partial charge is 0.351 e. The monoisotopic (exact) mass is 340 g/mol. The van der Waals surface area contributed by atoms with Gasteiger partial charge in [-0.25, -0.2) is 13.6 Å². The first kappa shape index (κ1) is 17.2. The van der Waals surface area contributed by atoms with Crippen LogP contribution >= 0.6 is 11.8 Å². The van der Waals surface area contributed by atoms with Crippen molar-refractivity contribution in [2.75, 3.05) is 17.3 Å². The van der Waals surface area contributed by atoms with E-state index in [1.54, 1.807) is 13.0 Å². The minimum absolute atomic E-state index is 0.0285. The molecule has 0 spiro atoms. The normalized spacial score (nSPS) is 22.7. The molecule has 1 aromatic carbocycles. The molecule has 5 nitrogen and oxygen atoms in total. The second kappa shape index (κ2) is 6.56. The largest absolute Gasteiger partial charge is 0.462 e. The zero-order valence-corrected chi connectivity index (χ0v) is 13.3. The van der Waals surface area contributed by atoms with Gasteiger partial charge in [-0.2, -0.15) is 5.26 Å². The van der Waals surface area contributed by atoms with Crippen LogP contribution in [-0.2, 0) is 9.53 Å². The van der Waals surface area contributed by atoms with Crippen LogP contribution in [0.15, 0.2) is 28.8 Å². The molecule has 2 rings (SSSR count).